The van der Waals surface area contributed by atoms with E-state index < -0.39 is 0 Å². The highest BCUT2D eigenvalue weighted by Gasteiger charge is 2.08. The summed E-state index contributed by atoms with van der Waals surface area (Å²) in [6, 6.07) is 21.1. The molecule has 0 amide bonds. The molecule has 3 aromatic rings. The quantitative estimate of drug-likeness (QED) is 0.695. The lowest BCUT2D eigenvalue weighted by molar-refractivity contribution is -0.140. The number of nitrogens with one attached hydrogen (secondary N) is 1. The van der Waals surface area contributed by atoms with Gasteiger partial charge in [0.15, 0.2) is 0 Å². The zero-order chi connectivity index (χ0) is 16.9. The lowest BCUT2D eigenvalue weighted by Gasteiger charge is -2.12. The predicted octanol–water partition coefficient (Wildman–Crippen LogP) is 4.65. The Labute approximate surface area is 142 Å². The van der Waals surface area contributed by atoms with E-state index in [0.29, 0.717) is 12.8 Å². The molecule has 0 atom stereocenters. The van der Waals surface area contributed by atoms with Crippen LogP contribution in [0.4, 0.5) is 5.69 Å². The summed E-state index contributed by atoms with van der Waals surface area (Å²) in [5, 5.41) is 5.70. The monoisotopic (exact) mass is 319 g/mol. The van der Waals surface area contributed by atoms with Crippen LogP contribution in [-0.2, 0) is 16.0 Å². The van der Waals surface area contributed by atoms with Crippen molar-refractivity contribution in [3.63, 3.8) is 0 Å². The predicted molar refractivity (Wildman–Crippen MR) is 99.3 cm³/mol. The number of fused-ring (bicyclic) bond motifs is 1. The van der Waals surface area contributed by atoms with Gasteiger partial charge in [-0.15, -0.1) is 0 Å². The maximum atomic E-state index is 11.4. The van der Waals surface area contributed by atoms with Gasteiger partial charge < -0.3 is 10.1 Å². The summed E-state index contributed by atoms with van der Waals surface area (Å²) in [5.41, 5.74) is 4.51. The van der Waals surface area contributed by atoms with Crippen molar-refractivity contribution in [3.05, 3.63) is 66.2 Å². The number of hydrogen-bond acceptors (Lipinski definition) is 3. The molecule has 0 fully saturated rings. The van der Waals surface area contributed by atoms with Crippen molar-refractivity contribution in [3.8, 4) is 11.1 Å². The minimum atomic E-state index is -0.181. The summed E-state index contributed by atoms with van der Waals surface area (Å²) in [6.45, 7) is 0. The van der Waals surface area contributed by atoms with Gasteiger partial charge >= 0.3 is 5.97 Å². The summed E-state index contributed by atoms with van der Waals surface area (Å²) in [6.07, 6.45) is 1.07. The highest BCUT2D eigenvalue weighted by atomic mass is 16.5. The van der Waals surface area contributed by atoms with Gasteiger partial charge in [-0.2, -0.15) is 0 Å². The third-order valence-corrected chi connectivity index (χ3v) is 4.26. The first kappa shape index (κ1) is 16.1. The Morgan fingerprint density at radius 2 is 1.79 bits per heavy atom. The average molecular weight is 319 g/mol. The Kier molecular flexibility index (Phi) is 4.80. The van der Waals surface area contributed by atoms with Gasteiger partial charge in [-0.1, -0.05) is 42.5 Å². The van der Waals surface area contributed by atoms with Crippen molar-refractivity contribution in [2.45, 2.75) is 12.8 Å². The van der Waals surface area contributed by atoms with Gasteiger partial charge in [-0.05, 0) is 46.5 Å². The fraction of sp³-hybridized carbons (Fsp3) is 0.190. The second kappa shape index (κ2) is 7.18. The summed E-state index contributed by atoms with van der Waals surface area (Å²) >= 11 is 0. The molecule has 1 N–H and O–H groups in total. The van der Waals surface area contributed by atoms with Crippen molar-refractivity contribution in [1.82, 2.24) is 0 Å². The molecule has 122 valence electrons. The lowest BCUT2D eigenvalue weighted by Crippen LogP contribution is -2.02. The van der Waals surface area contributed by atoms with Gasteiger partial charge in [0, 0.05) is 24.7 Å². The second-order valence-corrected chi connectivity index (χ2v) is 5.77. The van der Waals surface area contributed by atoms with Crippen LogP contribution < -0.4 is 5.32 Å². The fourth-order valence-electron chi connectivity index (χ4n) is 2.91. The number of ether oxygens (including phenoxy) is 1. The van der Waals surface area contributed by atoms with E-state index in [0.717, 1.165) is 22.4 Å². The zero-order valence-electron chi connectivity index (χ0n) is 14.0. The van der Waals surface area contributed by atoms with Crippen molar-refractivity contribution < 1.29 is 9.53 Å². The standard InChI is InChI=1S/C21H21NO2/c1-22-20-11-7-15(8-12-21(23)24-2)13-19(20)18-10-9-16-5-3-4-6-17(16)14-18/h3-7,9-11,13-14,22H,8,12H2,1-2H3. The minimum absolute atomic E-state index is 0.181. The number of benzene rings is 3. The van der Waals surface area contributed by atoms with Crippen LogP contribution in [0.1, 0.15) is 12.0 Å². The van der Waals surface area contributed by atoms with Crippen LogP contribution >= 0.6 is 0 Å². The third kappa shape index (κ3) is 3.40. The molecule has 0 spiro atoms. The Hall–Kier alpha value is -2.81. The number of methoxy groups -OCH3 is 1. The van der Waals surface area contributed by atoms with Crippen molar-refractivity contribution in [2.24, 2.45) is 0 Å². The molecule has 0 bridgehead atoms. The molecule has 0 unspecified atom stereocenters. The van der Waals surface area contributed by atoms with Crippen LogP contribution in [0.25, 0.3) is 21.9 Å². The maximum absolute atomic E-state index is 11.4. The normalized spacial score (nSPS) is 10.6. The van der Waals surface area contributed by atoms with Crippen LogP contribution in [0.15, 0.2) is 60.7 Å². The fourth-order valence-corrected chi connectivity index (χ4v) is 2.91. The molecule has 0 aliphatic rings. The average Bonchev–Trinajstić information content (AvgIpc) is 2.65. The molecule has 0 aliphatic carbocycles. The number of hydrogen-bond donors (Lipinski definition) is 1. The van der Waals surface area contributed by atoms with Crippen LogP contribution in [0, 0.1) is 0 Å². The van der Waals surface area contributed by atoms with Gasteiger partial charge in [-0.25, -0.2) is 0 Å². The zero-order valence-corrected chi connectivity index (χ0v) is 14.0. The summed E-state index contributed by atoms with van der Waals surface area (Å²) in [7, 11) is 3.35. The molecule has 0 saturated heterocycles. The molecule has 0 heterocycles. The molecule has 0 saturated carbocycles. The van der Waals surface area contributed by atoms with E-state index in [1.54, 1.807) is 0 Å². The number of aryl methyl sites for hydroxylation is 1. The number of carbonyl (C=O) groups excluding carboxylic acids is 1. The van der Waals surface area contributed by atoms with E-state index in [1.165, 1.54) is 17.9 Å². The second-order valence-electron chi connectivity index (χ2n) is 5.77. The molecular formula is C21H21NO2. The maximum Gasteiger partial charge on any atom is 0.305 e. The lowest BCUT2D eigenvalue weighted by atomic mass is 9.97. The van der Waals surface area contributed by atoms with E-state index in [2.05, 4.69) is 66.0 Å². The molecule has 24 heavy (non-hydrogen) atoms. The van der Waals surface area contributed by atoms with E-state index in [1.807, 2.05) is 7.05 Å². The SMILES string of the molecule is CNc1ccc(CCC(=O)OC)cc1-c1ccc2ccccc2c1. The van der Waals surface area contributed by atoms with Crippen LogP contribution in [0.3, 0.4) is 0 Å². The first-order valence-electron chi connectivity index (χ1n) is 8.08. The summed E-state index contributed by atoms with van der Waals surface area (Å²) in [4.78, 5) is 11.4. The molecule has 3 rings (SSSR count). The van der Waals surface area contributed by atoms with E-state index >= 15 is 0 Å². The van der Waals surface area contributed by atoms with Gasteiger partial charge in [-0.3, -0.25) is 4.79 Å². The molecule has 3 nitrogen and oxygen atoms in total. The Morgan fingerprint density at radius 1 is 1.00 bits per heavy atom. The highest BCUT2D eigenvalue weighted by Crippen LogP contribution is 2.31. The Morgan fingerprint density at radius 3 is 2.54 bits per heavy atom. The number of esters is 1. The van der Waals surface area contributed by atoms with Crippen molar-refractivity contribution in [2.75, 3.05) is 19.5 Å². The first-order valence-corrected chi connectivity index (χ1v) is 8.08. The first-order chi connectivity index (χ1) is 11.7. The number of rotatable bonds is 5. The molecular weight excluding hydrogens is 298 g/mol. The van der Waals surface area contributed by atoms with Crippen LogP contribution in [0.2, 0.25) is 0 Å². The highest BCUT2D eigenvalue weighted by molar-refractivity contribution is 5.90. The van der Waals surface area contributed by atoms with Gasteiger partial charge in [0.2, 0.25) is 0 Å². The van der Waals surface area contributed by atoms with Gasteiger partial charge in [0.25, 0.3) is 0 Å². The molecule has 3 aromatic carbocycles. The summed E-state index contributed by atoms with van der Waals surface area (Å²) < 4.78 is 4.73. The molecule has 0 aliphatic heterocycles. The largest absolute Gasteiger partial charge is 0.469 e. The van der Waals surface area contributed by atoms with Gasteiger partial charge in [0.05, 0.1) is 7.11 Å². The van der Waals surface area contributed by atoms with E-state index in [-0.39, 0.29) is 5.97 Å². The van der Waals surface area contributed by atoms with Gasteiger partial charge in [0.1, 0.15) is 0 Å². The van der Waals surface area contributed by atoms with Crippen LogP contribution in [0.5, 0.6) is 0 Å². The molecule has 0 aromatic heterocycles. The third-order valence-electron chi connectivity index (χ3n) is 4.26. The van der Waals surface area contributed by atoms with E-state index in [9.17, 15) is 4.79 Å². The minimum Gasteiger partial charge on any atom is -0.469 e. The van der Waals surface area contributed by atoms with Crippen molar-refractivity contribution in [1.29, 1.82) is 0 Å². The van der Waals surface area contributed by atoms with E-state index in [4.69, 9.17) is 4.74 Å². The smallest absolute Gasteiger partial charge is 0.305 e. The van der Waals surface area contributed by atoms with Crippen LogP contribution in [-0.4, -0.2) is 20.1 Å². The number of carbonyl (C=O) groups is 1. The Bertz CT molecular complexity index is 871. The number of anilines is 1. The summed E-state index contributed by atoms with van der Waals surface area (Å²) in [5.74, 6) is -0.181. The molecule has 0 radical (unpaired) electrons. The Balaban J connectivity index is 1.98. The van der Waals surface area contributed by atoms with Crippen molar-refractivity contribution >= 4 is 22.4 Å². The molecule has 3 heteroatoms. The topological polar surface area (TPSA) is 38.3 Å².